The molecule has 2 heterocycles. The summed E-state index contributed by atoms with van der Waals surface area (Å²) >= 11 is 0. The number of fused-ring (bicyclic) bond motifs is 1. The number of hydrogen-bond acceptors (Lipinski definition) is 7. The van der Waals surface area contributed by atoms with E-state index in [1.807, 2.05) is 55.5 Å². The predicted octanol–water partition coefficient (Wildman–Crippen LogP) is 4.19. The van der Waals surface area contributed by atoms with E-state index in [2.05, 4.69) is 20.6 Å². The quantitative estimate of drug-likeness (QED) is 0.270. The van der Waals surface area contributed by atoms with Crippen LogP contribution in [0, 0.1) is 19.1 Å². The Kier molecular flexibility index (Phi) is 7.72. The smallest absolute Gasteiger partial charge is 0.246 e. The number of anilines is 2. The van der Waals surface area contributed by atoms with Gasteiger partial charge in [-0.2, -0.15) is 4.73 Å². The van der Waals surface area contributed by atoms with Gasteiger partial charge >= 0.3 is 0 Å². The van der Waals surface area contributed by atoms with Crippen molar-refractivity contribution in [2.24, 2.45) is 0 Å². The van der Waals surface area contributed by atoms with E-state index < -0.39 is 0 Å². The Bertz CT molecular complexity index is 1420. The molecule has 0 saturated carbocycles. The number of amides is 1. The van der Waals surface area contributed by atoms with Crippen LogP contribution in [0.4, 0.5) is 11.5 Å². The summed E-state index contributed by atoms with van der Waals surface area (Å²) in [6.07, 6.45) is 6.73. The zero-order valence-electron chi connectivity index (χ0n) is 20.3. The molecule has 1 amide bonds. The monoisotopic (exact) mass is 485 g/mol. The number of ether oxygens (including phenoxy) is 2. The summed E-state index contributed by atoms with van der Waals surface area (Å²) in [5, 5.41) is 18.8. The highest BCUT2D eigenvalue weighted by atomic mass is 16.5. The number of nitrogens with zero attached hydrogens (tertiary/aromatic N) is 3. The van der Waals surface area contributed by atoms with Crippen LogP contribution in [0.3, 0.4) is 0 Å². The first-order chi connectivity index (χ1) is 17.4. The molecule has 0 fully saturated rings. The normalized spacial score (nSPS) is 11.1. The minimum atomic E-state index is -0.167. The fraction of sp³-hybridized carbons (Fsp3) is 0.185. The summed E-state index contributed by atoms with van der Waals surface area (Å²) in [7, 11) is 1.48. The Morgan fingerprint density at radius 1 is 1.11 bits per heavy atom. The van der Waals surface area contributed by atoms with Crippen molar-refractivity contribution in [3.63, 3.8) is 0 Å². The van der Waals surface area contributed by atoms with E-state index in [-0.39, 0.29) is 12.5 Å². The molecule has 36 heavy (non-hydrogen) atoms. The maximum absolute atomic E-state index is 11.8. The molecule has 0 atom stereocenters. The first kappa shape index (κ1) is 24.6. The van der Waals surface area contributed by atoms with Crippen LogP contribution in [0.5, 0.6) is 11.5 Å². The van der Waals surface area contributed by atoms with Crippen molar-refractivity contribution in [3.8, 4) is 11.5 Å². The number of hydrogen-bond donors (Lipinski definition) is 2. The lowest BCUT2D eigenvalue weighted by molar-refractivity contribution is -0.612. The molecule has 0 radical (unpaired) electrons. The molecule has 4 aromatic rings. The van der Waals surface area contributed by atoms with E-state index in [9.17, 15) is 10.0 Å². The highest BCUT2D eigenvalue weighted by molar-refractivity contribution is 5.92. The molecule has 9 nitrogen and oxygen atoms in total. The summed E-state index contributed by atoms with van der Waals surface area (Å²) in [5.41, 5.74) is 4.10. The lowest BCUT2D eigenvalue weighted by Crippen LogP contribution is -2.28. The summed E-state index contributed by atoms with van der Waals surface area (Å²) in [5.74, 6) is 1.63. The summed E-state index contributed by atoms with van der Waals surface area (Å²) in [6.45, 7) is 4.12. The van der Waals surface area contributed by atoms with E-state index in [1.54, 1.807) is 19.1 Å². The van der Waals surface area contributed by atoms with Crippen molar-refractivity contribution in [3.05, 3.63) is 89.2 Å². The number of pyridine rings is 1. The van der Waals surface area contributed by atoms with Gasteiger partial charge in [-0.1, -0.05) is 18.2 Å². The fourth-order valence-corrected chi connectivity index (χ4v) is 3.53. The van der Waals surface area contributed by atoms with Gasteiger partial charge in [0.15, 0.2) is 11.4 Å². The molecule has 2 aromatic heterocycles. The Morgan fingerprint density at radius 3 is 2.75 bits per heavy atom. The van der Waals surface area contributed by atoms with E-state index in [0.717, 1.165) is 32.4 Å². The van der Waals surface area contributed by atoms with E-state index in [1.165, 1.54) is 19.6 Å². The standard InChI is InChI=1S/C27H27N5O4/c1-18-13-21(8-11-25(18)36-22-9-6-19(2)32(34)15-22)31-27-23-14-20(7-10-24(23)29-17-30-27)5-4-12-28-26(33)16-35-3/h4-11,13-15,17H,12,16H2,1-3H3,(H,28,33)(H,29,30,31). The molecule has 2 aromatic carbocycles. The van der Waals surface area contributed by atoms with Crippen LogP contribution in [-0.2, 0) is 9.53 Å². The van der Waals surface area contributed by atoms with Crippen LogP contribution in [0.25, 0.3) is 17.0 Å². The number of aromatic nitrogens is 3. The third-order valence-corrected chi connectivity index (χ3v) is 5.41. The zero-order valence-corrected chi connectivity index (χ0v) is 20.3. The second kappa shape index (κ2) is 11.3. The van der Waals surface area contributed by atoms with Crippen molar-refractivity contribution in [1.82, 2.24) is 15.3 Å². The van der Waals surface area contributed by atoms with Gasteiger partial charge in [0.2, 0.25) is 12.1 Å². The molecule has 0 saturated heterocycles. The molecule has 4 rings (SSSR count). The van der Waals surface area contributed by atoms with Gasteiger partial charge in [-0.25, -0.2) is 9.97 Å². The van der Waals surface area contributed by atoms with Crippen molar-refractivity contribution in [2.45, 2.75) is 13.8 Å². The molecule has 0 bridgehead atoms. The fourth-order valence-electron chi connectivity index (χ4n) is 3.53. The Hall–Kier alpha value is -4.50. The van der Waals surface area contributed by atoms with E-state index in [0.29, 0.717) is 29.6 Å². The Balaban J connectivity index is 1.50. The third-order valence-electron chi connectivity index (χ3n) is 5.41. The van der Waals surface area contributed by atoms with Gasteiger partial charge in [-0.3, -0.25) is 4.79 Å². The van der Waals surface area contributed by atoms with E-state index >= 15 is 0 Å². The highest BCUT2D eigenvalue weighted by Gasteiger charge is 2.09. The SMILES string of the molecule is COCC(=O)NCC=Cc1ccc2ncnc(Nc3ccc(Oc4ccc(C)[n+]([O-])c4)c(C)c3)c2c1. The minimum Gasteiger partial charge on any atom is -0.618 e. The van der Waals surface area contributed by atoms with Crippen LogP contribution in [-0.4, -0.2) is 36.1 Å². The third kappa shape index (κ3) is 6.13. The Labute approximate surface area is 209 Å². The largest absolute Gasteiger partial charge is 0.618 e. The predicted molar refractivity (Wildman–Crippen MR) is 138 cm³/mol. The second-order valence-corrected chi connectivity index (χ2v) is 8.18. The van der Waals surface area contributed by atoms with Crippen molar-refractivity contribution < 1.29 is 19.0 Å². The zero-order chi connectivity index (χ0) is 25.5. The molecular weight excluding hydrogens is 458 g/mol. The van der Waals surface area contributed by atoms with Crippen molar-refractivity contribution in [1.29, 1.82) is 0 Å². The average molecular weight is 486 g/mol. The first-order valence-electron chi connectivity index (χ1n) is 11.4. The average Bonchev–Trinajstić information content (AvgIpc) is 2.86. The van der Waals surface area contributed by atoms with Crippen LogP contribution < -0.4 is 20.1 Å². The topological polar surface area (TPSA) is 112 Å². The van der Waals surface area contributed by atoms with Crippen molar-refractivity contribution in [2.75, 3.05) is 25.6 Å². The molecule has 2 N–H and O–H groups in total. The lowest BCUT2D eigenvalue weighted by Gasteiger charge is -2.12. The van der Waals surface area contributed by atoms with Gasteiger partial charge in [0.05, 0.1) is 5.52 Å². The maximum atomic E-state index is 11.8. The highest BCUT2D eigenvalue weighted by Crippen LogP contribution is 2.30. The van der Waals surface area contributed by atoms with Crippen LogP contribution in [0.1, 0.15) is 16.8 Å². The number of carbonyl (C=O) groups excluding carboxylic acids is 1. The van der Waals surface area contributed by atoms with Crippen LogP contribution >= 0.6 is 0 Å². The van der Waals surface area contributed by atoms with Gasteiger partial charge in [0, 0.05) is 37.7 Å². The molecule has 0 aliphatic rings. The molecule has 0 spiro atoms. The number of methoxy groups -OCH3 is 1. The van der Waals surface area contributed by atoms with E-state index in [4.69, 9.17) is 9.47 Å². The van der Waals surface area contributed by atoms with Gasteiger partial charge in [0.1, 0.15) is 24.5 Å². The van der Waals surface area contributed by atoms with Gasteiger partial charge in [-0.15, -0.1) is 0 Å². The van der Waals surface area contributed by atoms with Crippen LogP contribution in [0.15, 0.2) is 67.1 Å². The Morgan fingerprint density at radius 2 is 1.97 bits per heavy atom. The second-order valence-electron chi connectivity index (χ2n) is 8.18. The number of nitrogens with one attached hydrogen (secondary N) is 2. The summed E-state index contributed by atoms with van der Waals surface area (Å²) in [6, 6.07) is 15.1. The number of rotatable bonds is 9. The molecule has 9 heteroatoms. The molecule has 0 aliphatic carbocycles. The summed E-state index contributed by atoms with van der Waals surface area (Å²) in [4.78, 5) is 20.3. The van der Waals surface area contributed by atoms with Gasteiger partial charge in [0.25, 0.3) is 0 Å². The maximum Gasteiger partial charge on any atom is 0.246 e. The molecule has 0 unspecified atom stereocenters. The first-order valence-corrected chi connectivity index (χ1v) is 11.4. The lowest BCUT2D eigenvalue weighted by atomic mass is 10.1. The van der Waals surface area contributed by atoms with Gasteiger partial charge in [-0.05, 0) is 54.4 Å². The molecule has 184 valence electrons. The molecular formula is C27H27N5O4. The number of aryl methyl sites for hydroxylation is 2. The van der Waals surface area contributed by atoms with Crippen LogP contribution in [0.2, 0.25) is 0 Å². The summed E-state index contributed by atoms with van der Waals surface area (Å²) < 4.78 is 11.5. The number of carbonyl (C=O) groups is 1. The molecule has 0 aliphatic heterocycles. The van der Waals surface area contributed by atoms with Gasteiger partial charge < -0.3 is 25.3 Å². The minimum absolute atomic E-state index is 0.0366. The van der Waals surface area contributed by atoms with Crippen molar-refractivity contribution >= 4 is 34.4 Å². The number of benzene rings is 2.